The van der Waals surface area contributed by atoms with Crippen molar-refractivity contribution in [3.63, 3.8) is 0 Å². The van der Waals surface area contributed by atoms with Crippen LogP contribution in [0.1, 0.15) is 5.56 Å². The Bertz CT molecular complexity index is 955. The highest BCUT2D eigenvalue weighted by Gasteiger charge is 2.03. The van der Waals surface area contributed by atoms with Gasteiger partial charge in [0.15, 0.2) is 0 Å². The molecule has 0 unspecified atom stereocenters. The molecule has 0 saturated carbocycles. The van der Waals surface area contributed by atoms with Crippen molar-refractivity contribution in [2.45, 2.75) is 6.61 Å². The van der Waals surface area contributed by atoms with Gasteiger partial charge in [-0.1, -0.05) is 55.6 Å². The first-order valence-electron chi connectivity index (χ1n) is 9.18. The maximum Gasteiger partial charge on any atom is 0.335 e. The molecule has 0 N–H and O–H groups in total. The van der Waals surface area contributed by atoms with Gasteiger partial charge in [0.05, 0.1) is 0 Å². The minimum Gasteiger partial charge on any atom is -0.490 e. The third-order valence-electron chi connectivity index (χ3n) is 4.12. The average molecular weight is 386 g/mol. The van der Waals surface area contributed by atoms with E-state index in [1.54, 1.807) is 30.3 Å². The van der Waals surface area contributed by atoms with Crippen LogP contribution < -0.4 is 14.2 Å². The van der Waals surface area contributed by atoms with E-state index in [0.717, 1.165) is 28.5 Å². The summed E-state index contributed by atoms with van der Waals surface area (Å²) < 4.78 is 16.3. The summed E-state index contributed by atoms with van der Waals surface area (Å²) in [5.74, 6) is 1.48. The standard InChI is InChI=1S/C25H22O4/c1-3-17-27-22-11-9-21(10-12-22)20-7-5-19(6-8-20)18-28-23-13-15-24(16-14-23)29-25(26)4-2/h3-16H,1-2,17-18H2. The molecule has 0 saturated heterocycles. The maximum absolute atomic E-state index is 11.2. The van der Waals surface area contributed by atoms with Gasteiger partial charge in [0.1, 0.15) is 30.5 Å². The first kappa shape index (κ1) is 20.0. The summed E-state index contributed by atoms with van der Waals surface area (Å²) in [6.45, 7) is 7.96. The molecule has 146 valence electrons. The Kier molecular flexibility index (Phi) is 6.85. The van der Waals surface area contributed by atoms with Crippen LogP contribution in [-0.4, -0.2) is 12.6 Å². The molecule has 3 rings (SSSR count). The van der Waals surface area contributed by atoms with E-state index in [4.69, 9.17) is 14.2 Å². The molecule has 0 amide bonds. The van der Waals surface area contributed by atoms with Crippen LogP contribution in [0.15, 0.2) is 98.1 Å². The van der Waals surface area contributed by atoms with Gasteiger partial charge < -0.3 is 14.2 Å². The summed E-state index contributed by atoms with van der Waals surface area (Å²) in [4.78, 5) is 11.2. The van der Waals surface area contributed by atoms with Crippen molar-refractivity contribution in [2.75, 3.05) is 6.61 Å². The minimum atomic E-state index is -0.488. The summed E-state index contributed by atoms with van der Waals surface area (Å²) in [5.41, 5.74) is 3.30. The molecular formula is C25H22O4. The smallest absolute Gasteiger partial charge is 0.335 e. The lowest BCUT2D eigenvalue weighted by Crippen LogP contribution is -2.02. The Labute approximate surface area is 170 Å². The SMILES string of the molecule is C=CCOc1ccc(-c2ccc(COc3ccc(OC(=O)C=C)cc3)cc2)cc1. The summed E-state index contributed by atoms with van der Waals surface area (Å²) in [6, 6.07) is 23.1. The topological polar surface area (TPSA) is 44.8 Å². The van der Waals surface area contributed by atoms with E-state index >= 15 is 0 Å². The molecule has 4 heteroatoms. The Morgan fingerprint density at radius 2 is 1.24 bits per heavy atom. The van der Waals surface area contributed by atoms with Crippen LogP contribution in [0.5, 0.6) is 17.2 Å². The number of benzene rings is 3. The quantitative estimate of drug-likeness (QED) is 0.208. The highest BCUT2D eigenvalue weighted by Crippen LogP contribution is 2.24. The summed E-state index contributed by atoms with van der Waals surface area (Å²) in [5, 5.41) is 0. The molecule has 29 heavy (non-hydrogen) atoms. The number of hydrogen-bond acceptors (Lipinski definition) is 4. The Morgan fingerprint density at radius 1 is 0.724 bits per heavy atom. The van der Waals surface area contributed by atoms with Gasteiger partial charge in [-0.15, -0.1) is 0 Å². The van der Waals surface area contributed by atoms with E-state index in [0.29, 0.717) is 24.7 Å². The van der Waals surface area contributed by atoms with Gasteiger partial charge in [-0.25, -0.2) is 4.79 Å². The molecule has 0 radical (unpaired) electrons. The monoisotopic (exact) mass is 386 g/mol. The molecule has 0 spiro atoms. The molecule has 3 aromatic carbocycles. The minimum absolute atomic E-state index is 0.445. The molecule has 0 heterocycles. The lowest BCUT2D eigenvalue weighted by Gasteiger charge is -2.09. The molecule has 4 nitrogen and oxygen atoms in total. The maximum atomic E-state index is 11.2. The number of ether oxygens (including phenoxy) is 3. The molecule has 0 bridgehead atoms. The molecule has 0 aliphatic carbocycles. The number of carbonyl (C=O) groups excluding carboxylic acids is 1. The summed E-state index contributed by atoms with van der Waals surface area (Å²) in [6.07, 6.45) is 2.85. The molecule has 3 aromatic rings. The average Bonchev–Trinajstić information content (AvgIpc) is 2.78. The van der Waals surface area contributed by atoms with E-state index < -0.39 is 5.97 Å². The first-order valence-corrected chi connectivity index (χ1v) is 9.18. The van der Waals surface area contributed by atoms with Gasteiger partial charge in [-0.05, 0) is 53.1 Å². The van der Waals surface area contributed by atoms with Gasteiger partial charge in [-0.2, -0.15) is 0 Å². The Balaban J connectivity index is 1.55. The van der Waals surface area contributed by atoms with E-state index in [1.165, 1.54) is 0 Å². The highest BCUT2D eigenvalue weighted by atomic mass is 16.5. The molecule has 0 aromatic heterocycles. The van der Waals surface area contributed by atoms with Crippen LogP contribution in [0.3, 0.4) is 0 Å². The lowest BCUT2D eigenvalue weighted by atomic mass is 10.0. The third kappa shape index (κ3) is 5.84. The van der Waals surface area contributed by atoms with E-state index in [-0.39, 0.29) is 0 Å². The lowest BCUT2D eigenvalue weighted by molar-refractivity contribution is -0.128. The van der Waals surface area contributed by atoms with Crippen LogP contribution in [0.2, 0.25) is 0 Å². The van der Waals surface area contributed by atoms with Crippen LogP contribution in [0, 0.1) is 0 Å². The molecule has 0 aliphatic heterocycles. The van der Waals surface area contributed by atoms with Crippen molar-refractivity contribution in [3.8, 4) is 28.4 Å². The first-order chi connectivity index (χ1) is 14.2. The Hall–Kier alpha value is -3.79. The second-order valence-electron chi connectivity index (χ2n) is 6.21. The summed E-state index contributed by atoms with van der Waals surface area (Å²) >= 11 is 0. The van der Waals surface area contributed by atoms with Crippen LogP contribution in [-0.2, 0) is 11.4 Å². The van der Waals surface area contributed by atoms with E-state index in [2.05, 4.69) is 25.3 Å². The van der Waals surface area contributed by atoms with Crippen LogP contribution >= 0.6 is 0 Å². The number of esters is 1. The second kappa shape index (κ2) is 9.95. The van der Waals surface area contributed by atoms with E-state index in [1.807, 2.05) is 36.4 Å². The van der Waals surface area contributed by atoms with Crippen LogP contribution in [0.4, 0.5) is 0 Å². The highest BCUT2D eigenvalue weighted by molar-refractivity contribution is 5.83. The van der Waals surface area contributed by atoms with Gasteiger partial charge in [0.2, 0.25) is 0 Å². The molecule has 0 aliphatic rings. The molecular weight excluding hydrogens is 364 g/mol. The van der Waals surface area contributed by atoms with Crippen molar-refractivity contribution >= 4 is 5.97 Å². The van der Waals surface area contributed by atoms with Crippen molar-refractivity contribution in [1.29, 1.82) is 0 Å². The fourth-order valence-electron chi connectivity index (χ4n) is 2.62. The van der Waals surface area contributed by atoms with E-state index in [9.17, 15) is 4.79 Å². The fourth-order valence-corrected chi connectivity index (χ4v) is 2.62. The molecule has 0 atom stereocenters. The van der Waals surface area contributed by atoms with Gasteiger partial charge in [0.25, 0.3) is 0 Å². The van der Waals surface area contributed by atoms with Crippen molar-refractivity contribution in [1.82, 2.24) is 0 Å². The zero-order valence-electron chi connectivity index (χ0n) is 16.0. The number of hydrogen-bond donors (Lipinski definition) is 0. The predicted molar refractivity (Wildman–Crippen MR) is 114 cm³/mol. The third-order valence-corrected chi connectivity index (χ3v) is 4.12. The second-order valence-corrected chi connectivity index (χ2v) is 6.21. The summed E-state index contributed by atoms with van der Waals surface area (Å²) in [7, 11) is 0. The number of rotatable bonds is 9. The van der Waals surface area contributed by atoms with Crippen molar-refractivity contribution in [3.05, 3.63) is 104 Å². The normalized spacial score (nSPS) is 10.1. The number of carbonyl (C=O) groups is 1. The van der Waals surface area contributed by atoms with Gasteiger partial charge in [0, 0.05) is 6.08 Å². The van der Waals surface area contributed by atoms with Crippen molar-refractivity contribution < 1.29 is 19.0 Å². The van der Waals surface area contributed by atoms with Crippen molar-refractivity contribution in [2.24, 2.45) is 0 Å². The predicted octanol–water partition coefficient (Wildman–Crippen LogP) is 5.59. The van der Waals surface area contributed by atoms with Crippen LogP contribution in [0.25, 0.3) is 11.1 Å². The molecule has 0 fully saturated rings. The largest absolute Gasteiger partial charge is 0.490 e. The van der Waals surface area contributed by atoms with Gasteiger partial charge in [-0.3, -0.25) is 0 Å². The Morgan fingerprint density at radius 3 is 1.83 bits per heavy atom. The van der Waals surface area contributed by atoms with Gasteiger partial charge >= 0.3 is 5.97 Å². The zero-order valence-corrected chi connectivity index (χ0v) is 16.0. The fraction of sp³-hybridized carbons (Fsp3) is 0.0800. The zero-order chi connectivity index (χ0) is 20.5.